The molecule has 0 unspecified atom stereocenters. The van der Waals surface area contributed by atoms with Gasteiger partial charge in [-0.15, -0.1) is 0 Å². The molecule has 1 aliphatic carbocycles. The molecule has 0 bridgehead atoms. The van der Waals surface area contributed by atoms with Gasteiger partial charge in [0.15, 0.2) is 0 Å². The second kappa shape index (κ2) is 8.27. The van der Waals surface area contributed by atoms with Gasteiger partial charge in [-0.3, -0.25) is 9.59 Å². The Labute approximate surface area is 217 Å². The van der Waals surface area contributed by atoms with Crippen molar-refractivity contribution in [1.82, 2.24) is 0 Å². The summed E-state index contributed by atoms with van der Waals surface area (Å²) >= 11 is 0. The standard InChI is InChI=1S/C30H22N2O6/c31-15-1-5-17(6-2-15)35-19-9-11-21-23(13-19)37-29(33)27-25(21)26-22-12-10-20(14-24(22)38-30(34)28(26)27)36-18-7-3-16(32)4-8-18/h1-14,25-28H,31-32H2/t25-,26+,27-,28+. The molecule has 8 heteroatoms. The topological polar surface area (TPSA) is 123 Å². The van der Waals surface area contributed by atoms with E-state index >= 15 is 0 Å². The zero-order valence-corrected chi connectivity index (χ0v) is 20.0. The molecular formula is C30H22N2O6. The van der Waals surface area contributed by atoms with Gasteiger partial charge in [0.05, 0.1) is 11.8 Å². The minimum atomic E-state index is -0.595. The van der Waals surface area contributed by atoms with Crippen LogP contribution in [-0.2, 0) is 9.59 Å². The van der Waals surface area contributed by atoms with Crippen molar-refractivity contribution < 1.29 is 28.5 Å². The van der Waals surface area contributed by atoms with Gasteiger partial charge in [0.1, 0.15) is 34.5 Å². The van der Waals surface area contributed by atoms with E-state index in [1.807, 2.05) is 24.3 Å². The Kier molecular flexibility index (Phi) is 4.84. The van der Waals surface area contributed by atoms with E-state index in [1.54, 1.807) is 60.7 Å². The number of hydrogen-bond acceptors (Lipinski definition) is 8. The third-order valence-electron chi connectivity index (χ3n) is 7.43. The van der Waals surface area contributed by atoms with E-state index in [9.17, 15) is 9.59 Å². The maximum absolute atomic E-state index is 13.0. The van der Waals surface area contributed by atoms with Gasteiger partial charge in [-0.1, -0.05) is 12.1 Å². The van der Waals surface area contributed by atoms with Crippen molar-refractivity contribution in [3.05, 3.63) is 96.1 Å². The van der Waals surface area contributed by atoms with Gasteiger partial charge in [0.2, 0.25) is 0 Å². The minimum Gasteiger partial charge on any atom is -0.457 e. The number of nitrogens with two attached hydrogens (primary N) is 2. The number of nitrogen functional groups attached to an aromatic ring is 2. The van der Waals surface area contributed by atoms with E-state index < -0.39 is 23.8 Å². The van der Waals surface area contributed by atoms with Crippen molar-refractivity contribution in [2.75, 3.05) is 11.5 Å². The molecule has 4 aromatic rings. The molecule has 1 saturated carbocycles. The van der Waals surface area contributed by atoms with Crippen LogP contribution in [0.1, 0.15) is 23.0 Å². The molecule has 0 saturated heterocycles. The predicted molar refractivity (Wildman–Crippen MR) is 138 cm³/mol. The first-order chi connectivity index (χ1) is 18.4. The van der Waals surface area contributed by atoms with E-state index in [-0.39, 0.29) is 11.8 Å². The summed E-state index contributed by atoms with van der Waals surface area (Å²) in [6.45, 7) is 0. The van der Waals surface area contributed by atoms with Gasteiger partial charge in [-0.05, 0) is 71.8 Å². The average Bonchev–Trinajstić information content (AvgIpc) is 2.88. The highest BCUT2D eigenvalue weighted by Gasteiger charge is 2.64. The number of ether oxygens (including phenoxy) is 4. The number of benzene rings is 4. The van der Waals surface area contributed by atoms with Crippen LogP contribution in [0.25, 0.3) is 0 Å². The molecule has 4 N–H and O–H groups in total. The number of carbonyl (C=O) groups excluding carboxylic acids is 2. The summed E-state index contributed by atoms with van der Waals surface area (Å²) in [7, 11) is 0. The minimum absolute atomic E-state index is 0.211. The molecule has 3 aliphatic rings. The SMILES string of the molecule is Nc1ccc(Oc2ccc3c(c2)OC(=O)[C@@H]2[C@@H]4C(=O)Oc5cc(Oc6ccc(N)cc6)ccc5[C@@H]4[C@H]32)cc1. The molecule has 4 atom stereocenters. The molecule has 2 aliphatic heterocycles. The lowest BCUT2D eigenvalue weighted by Crippen LogP contribution is -2.57. The maximum atomic E-state index is 13.0. The summed E-state index contributed by atoms with van der Waals surface area (Å²) in [4.78, 5) is 26.0. The van der Waals surface area contributed by atoms with E-state index in [0.717, 1.165) is 11.1 Å². The molecule has 7 rings (SSSR count). The van der Waals surface area contributed by atoms with Gasteiger partial charge in [0, 0.05) is 35.3 Å². The second-order valence-electron chi connectivity index (χ2n) is 9.69. The van der Waals surface area contributed by atoms with Crippen molar-refractivity contribution in [1.29, 1.82) is 0 Å². The van der Waals surface area contributed by atoms with Crippen LogP contribution in [0.5, 0.6) is 34.5 Å². The largest absolute Gasteiger partial charge is 0.457 e. The van der Waals surface area contributed by atoms with Crippen molar-refractivity contribution in [3.8, 4) is 34.5 Å². The number of fused-ring (bicyclic) bond motifs is 8. The Bertz CT molecular complexity index is 1480. The lowest BCUT2D eigenvalue weighted by Gasteiger charge is -2.53. The first kappa shape index (κ1) is 22.2. The molecule has 188 valence electrons. The fraction of sp³-hybridized carbons (Fsp3) is 0.133. The zero-order valence-electron chi connectivity index (χ0n) is 20.0. The molecule has 0 amide bonds. The van der Waals surface area contributed by atoms with Crippen molar-refractivity contribution >= 4 is 23.3 Å². The average molecular weight is 507 g/mol. The molecule has 0 radical (unpaired) electrons. The van der Waals surface area contributed by atoms with Crippen molar-refractivity contribution in [3.63, 3.8) is 0 Å². The lowest BCUT2D eigenvalue weighted by molar-refractivity contribution is -0.165. The smallest absolute Gasteiger partial charge is 0.315 e. The summed E-state index contributed by atoms with van der Waals surface area (Å²) in [5.74, 6) is 0.687. The number of rotatable bonds is 4. The first-order valence-corrected chi connectivity index (χ1v) is 12.2. The third kappa shape index (κ3) is 3.53. The Morgan fingerprint density at radius 3 is 1.26 bits per heavy atom. The number of hydrogen-bond donors (Lipinski definition) is 2. The van der Waals surface area contributed by atoms with Gasteiger partial charge >= 0.3 is 11.9 Å². The van der Waals surface area contributed by atoms with Crippen molar-refractivity contribution in [2.45, 2.75) is 11.8 Å². The van der Waals surface area contributed by atoms with E-state index in [4.69, 9.17) is 30.4 Å². The Morgan fingerprint density at radius 2 is 0.868 bits per heavy atom. The highest BCUT2D eigenvalue weighted by Crippen LogP contribution is 2.65. The predicted octanol–water partition coefficient (Wildman–Crippen LogP) is 5.39. The highest BCUT2D eigenvalue weighted by atomic mass is 16.5. The summed E-state index contributed by atoms with van der Waals surface area (Å²) in [5, 5.41) is 0. The van der Waals surface area contributed by atoms with Crippen LogP contribution in [0.2, 0.25) is 0 Å². The molecular weight excluding hydrogens is 484 g/mol. The molecule has 38 heavy (non-hydrogen) atoms. The van der Waals surface area contributed by atoms with Crippen LogP contribution in [0.15, 0.2) is 84.9 Å². The monoisotopic (exact) mass is 506 g/mol. The fourth-order valence-electron chi connectivity index (χ4n) is 5.69. The van der Waals surface area contributed by atoms with Crippen LogP contribution in [0.3, 0.4) is 0 Å². The number of anilines is 2. The van der Waals surface area contributed by atoms with Crippen LogP contribution in [0, 0.1) is 11.8 Å². The van der Waals surface area contributed by atoms with Gasteiger partial charge < -0.3 is 30.4 Å². The Hall–Kier alpha value is -4.98. The summed E-state index contributed by atoms with van der Waals surface area (Å²) < 4.78 is 23.2. The normalized spacial score (nSPS) is 22.4. The summed E-state index contributed by atoms with van der Waals surface area (Å²) in [6.07, 6.45) is 0. The molecule has 1 fully saturated rings. The van der Waals surface area contributed by atoms with E-state index in [2.05, 4.69) is 0 Å². The molecule has 0 spiro atoms. The molecule has 4 aromatic carbocycles. The maximum Gasteiger partial charge on any atom is 0.315 e. The van der Waals surface area contributed by atoms with Gasteiger partial charge in [-0.25, -0.2) is 0 Å². The van der Waals surface area contributed by atoms with Gasteiger partial charge in [0.25, 0.3) is 0 Å². The highest BCUT2D eigenvalue weighted by molar-refractivity contribution is 5.92. The number of carbonyl (C=O) groups is 2. The fourth-order valence-corrected chi connectivity index (χ4v) is 5.69. The van der Waals surface area contributed by atoms with Crippen LogP contribution in [0.4, 0.5) is 11.4 Å². The van der Waals surface area contributed by atoms with Crippen LogP contribution < -0.4 is 30.4 Å². The van der Waals surface area contributed by atoms with E-state index in [0.29, 0.717) is 45.9 Å². The molecule has 0 aromatic heterocycles. The van der Waals surface area contributed by atoms with Crippen LogP contribution in [-0.4, -0.2) is 11.9 Å². The second-order valence-corrected chi connectivity index (χ2v) is 9.69. The van der Waals surface area contributed by atoms with Crippen LogP contribution >= 0.6 is 0 Å². The molecule has 2 heterocycles. The van der Waals surface area contributed by atoms with Gasteiger partial charge in [-0.2, -0.15) is 0 Å². The number of esters is 2. The van der Waals surface area contributed by atoms with E-state index in [1.165, 1.54) is 0 Å². The summed E-state index contributed by atoms with van der Waals surface area (Å²) in [6, 6.07) is 25.0. The lowest BCUT2D eigenvalue weighted by atomic mass is 9.51. The first-order valence-electron chi connectivity index (χ1n) is 12.2. The zero-order chi connectivity index (χ0) is 26.0. The Balaban J connectivity index is 1.20. The molecule has 8 nitrogen and oxygen atoms in total. The quantitative estimate of drug-likeness (QED) is 0.215. The third-order valence-corrected chi connectivity index (χ3v) is 7.43. The summed E-state index contributed by atoms with van der Waals surface area (Å²) in [5.41, 5.74) is 14.5. The Morgan fingerprint density at radius 1 is 0.500 bits per heavy atom. The van der Waals surface area contributed by atoms with Crippen molar-refractivity contribution in [2.24, 2.45) is 11.8 Å².